The first-order chi connectivity index (χ1) is 16.9. The van der Waals surface area contributed by atoms with Gasteiger partial charge in [-0.25, -0.2) is 0 Å². The van der Waals surface area contributed by atoms with E-state index in [4.69, 9.17) is 20.9 Å². The van der Waals surface area contributed by atoms with Crippen LogP contribution in [-0.4, -0.2) is 0 Å². The van der Waals surface area contributed by atoms with Crippen LogP contribution < -0.4 is 20.9 Å². The minimum atomic E-state index is -4.73. The van der Waals surface area contributed by atoms with E-state index in [0.29, 0.717) is 11.1 Å². The Morgan fingerprint density at radius 1 is 0.528 bits per heavy atom. The van der Waals surface area contributed by atoms with E-state index in [-0.39, 0.29) is 22.9 Å². The third-order valence-electron chi connectivity index (χ3n) is 5.10. The number of anilines is 2. The highest BCUT2D eigenvalue weighted by molar-refractivity contribution is 5.73. The molecule has 4 nitrogen and oxygen atoms in total. The fourth-order valence-corrected chi connectivity index (χ4v) is 3.47. The maximum atomic E-state index is 13.6. The van der Waals surface area contributed by atoms with Crippen LogP contribution in [0.5, 0.6) is 23.0 Å². The molecule has 0 bridgehead atoms. The number of benzene rings is 4. The maximum absolute atomic E-state index is 13.6. The zero-order chi connectivity index (χ0) is 26.1. The molecule has 0 aliphatic rings. The lowest BCUT2D eigenvalue weighted by Gasteiger charge is -2.18. The van der Waals surface area contributed by atoms with Gasteiger partial charge in [0.25, 0.3) is 0 Å². The second kappa shape index (κ2) is 9.37. The molecule has 0 heterocycles. The van der Waals surface area contributed by atoms with Crippen LogP contribution in [0.25, 0.3) is 11.1 Å². The predicted octanol–water partition coefficient (Wildman–Crippen LogP) is 8.14. The SMILES string of the molecule is Nc1ccc(Oc2ccc(Oc3ccc(N)cc3C(F)(F)F)c(-c3ccccc3)c2)c(C(F)(F)F)c1. The molecule has 0 radical (unpaired) electrons. The van der Waals surface area contributed by atoms with Gasteiger partial charge in [-0.2, -0.15) is 26.3 Å². The van der Waals surface area contributed by atoms with Gasteiger partial charge in [0.05, 0.1) is 0 Å². The third-order valence-corrected chi connectivity index (χ3v) is 5.10. The first-order valence-corrected chi connectivity index (χ1v) is 10.4. The molecule has 0 aliphatic heterocycles. The molecular formula is C26H18F6N2O2. The average molecular weight is 504 g/mol. The van der Waals surface area contributed by atoms with Crippen LogP contribution in [0.4, 0.5) is 37.7 Å². The van der Waals surface area contributed by atoms with Gasteiger partial charge < -0.3 is 20.9 Å². The summed E-state index contributed by atoms with van der Waals surface area (Å²) in [5.41, 5.74) is 9.54. The summed E-state index contributed by atoms with van der Waals surface area (Å²) in [5, 5.41) is 0. The number of nitrogens with two attached hydrogens (primary N) is 2. The molecule has 0 saturated carbocycles. The molecular weight excluding hydrogens is 486 g/mol. The minimum Gasteiger partial charge on any atom is -0.457 e. The van der Waals surface area contributed by atoms with Gasteiger partial charge in [0.1, 0.15) is 34.1 Å². The first kappa shape index (κ1) is 24.8. The Balaban J connectivity index is 1.78. The largest absolute Gasteiger partial charge is 0.457 e. The first-order valence-electron chi connectivity index (χ1n) is 10.4. The molecule has 4 aromatic carbocycles. The number of ether oxygens (including phenoxy) is 2. The molecule has 4 rings (SSSR count). The smallest absolute Gasteiger partial charge is 0.420 e. The van der Waals surface area contributed by atoms with Crippen molar-refractivity contribution in [3.8, 4) is 34.1 Å². The van der Waals surface area contributed by atoms with Crippen LogP contribution in [0.3, 0.4) is 0 Å². The van der Waals surface area contributed by atoms with Crippen LogP contribution in [0.15, 0.2) is 84.9 Å². The number of hydrogen-bond acceptors (Lipinski definition) is 4. The number of hydrogen-bond donors (Lipinski definition) is 2. The molecule has 0 saturated heterocycles. The molecule has 10 heteroatoms. The molecule has 0 amide bonds. The van der Waals surface area contributed by atoms with Gasteiger partial charge in [0, 0.05) is 16.9 Å². The van der Waals surface area contributed by atoms with Gasteiger partial charge in [-0.05, 0) is 60.2 Å². The standard InChI is InChI=1S/C26H18F6N2O2/c27-25(28,29)20-12-16(33)6-9-23(20)35-18-8-11-22(19(14-18)15-4-2-1-3-5-15)36-24-10-7-17(34)13-21(24)26(30,31)32/h1-14H,33-34H2. The highest BCUT2D eigenvalue weighted by atomic mass is 19.4. The van der Waals surface area contributed by atoms with Crippen molar-refractivity contribution in [2.45, 2.75) is 12.4 Å². The van der Waals surface area contributed by atoms with Crippen LogP contribution in [0.2, 0.25) is 0 Å². The number of alkyl halides is 6. The minimum absolute atomic E-state index is 0.00447. The predicted molar refractivity (Wildman–Crippen MR) is 124 cm³/mol. The van der Waals surface area contributed by atoms with Gasteiger partial charge in [-0.1, -0.05) is 30.3 Å². The van der Waals surface area contributed by atoms with Crippen molar-refractivity contribution in [3.63, 3.8) is 0 Å². The van der Waals surface area contributed by atoms with E-state index >= 15 is 0 Å². The summed E-state index contributed by atoms with van der Waals surface area (Å²) in [4.78, 5) is 0. The number of nitrogen functional groups attached to an aromatic ring is 2. The molecule has 0 spiro atoms. The summed E-state index contributed by atoms with van der Waals surface area (Å²) >= 11 is 0. The van der Waals surface area contributed by atoms with Crippen molar-refractivity contribution in [1.82, 2.24) is 0 Å². The summed E-state index contributed by atoms with van der Waals surface area (Å²) in [6.45, 7) is 0. The van der Waals surface area contributed by atoms with Crippen molar-refractivity contribution in [2.24, 2.45) is 0 Å². The molecule has 36 heavy (non-hydrogen) atoms. The lowest BCUT2D eigenvalue weighted by atomic mass is 10.0. The number of halogens is 6. The summed E-state index contributed by atoms with van der Waals surface area (Å²) in [6, 6.07) is 18.7. The third kappa shape index (κ3) is 5.48. The van der Waals surface area contributed by atoms with E-state index in [2.05, 4.69) is 0 Å². The van der Waals surface area contributed by atoms with E-state index in [1.807, 2.05) is 0 Å². The monoisotopic (exact) mass is 504 g/mol. The second-order valence-corrected chi connectivity index (χ2v) is 7.73. The topological polar surface area (TPSA) is 70.5 Å². The average Bonchev–Trinajstić information content (AvgIpc) is 2.81. The molecule has 4 aromatic rings. The summed E-state index contributed by atoms with van der Waals surface area (Å²) in [6.07, 6.45) is -9.46. The molecule has 0 unspecified atom stereocenters. The van der Waals surface area contributed by atoms with Gasteiger partial charge in [0.2, 0.25) is 0 Å². The van der Waals surface area contributed by atoms with Gasteiger partial charge in [-0.15, -0.1) is 0 Å². The Morgan fingerprint density at radius 3 is 1.56 bits per heavy atom. The zero-order valence-corrected chi connectivity index (χ0v) is 18.3. The van der Waals surface area contributed by atoms with E-state index in [0.717, 1.165) is 24.3 Å². The van der Waals surface area contributed by atoms with Crippen LogP contribution >= 0.6 is 0 Å². The second-order valence-electron chi connectivity index (χ2n) is 7.73. The molecule has 0 atom stereocenters. The van der Waals surface area contributed by atoms with Crippen LogP contribution in [0.1, 0.15) is 11.1 Å². The molecule has 186 valence electrons. The van der Waals surface area contributed by atoms with Crippen LogP contribution in [0, 0.1) is 0 Å². The Kier molecular flexibility index (Phi) is 6.45. The Labute approximate surface area is 201 Å². The van der Waals surface area contributed by atoms with E-state index in [1.54, 1.807) is 30.3 Å². The highest BCUT2D eigenvalue weighted by Gasteiger charge is 2.36. The van der Waals surface area contributed by atoms with Gasteiger partial charge in [0.15, 0.2) is 0 Å². The van der Waals surface area contributed by atoms with E-state index in [1.165, 1.54) is 30.3 Å². The zero-order valence-electron chi connectivity index (χ0n) is 18.3. The molecule has 4 N–H and O–H groups in total. The van der Waals surface area contributed by atoms with Crippen LogP contribution in [-0.2, 0) is 12.4 Å². The van der Waals surface area contributed by atoms with Crippen molar-refractivity contribution >= 4 is 11.4 Å². The molecule has 0 fully saturated rings. The lowest BCUT2D eigenvalue weighted by molar-refractivity contribution is -0.139. The van der Waals surface area contributed by atoms with E-state index < -0.39 is 35.0 Å². The van der Waals surface area contributed by atoms with Crippen molar-refractivity contribution < 1.29 is 35.8 Å². The normalized spacial score (nSPS) is 11.8. The molecule has 0 aliphatic carbocycles. The quantitative estimate of drug-likeness (QED) is 0.213. The van der Waals surface area contributed by atoms with Crippen molar-refractivity contribution in [1.29, 1.82) is 0 Å². The van der Waals surface area contributed by atoms with Crippen molar-refractivity contribution in [2.75, 3.05) is 11.5 Å². The van der Waals surface area contributed by atoms with Gasteiger partial charge >= 0.3 is 12.4 Å². The summed E-state index contributed by atoms with van der Waals surface area (Å²) in [5.74, 6) is -0.940. The fraction of sp³-hybridized carbons (Fsp3) is 0.0769. The Hall–Kier alpha value is -4.34. The summed E-state index contributed by atoms with van der Waals surface area (Å²) < 4.78 is 92.3. The van der Waals surface area contributed by atoms with E-state index in [9.17, 15) is 26.3 Å². The number of rotatable bonds is 5. The lowest BCUT2D eigenvalue weighted by Crippen LogP contribution is -2.08. The Morgan fingerprint density at radius 2 is 1.03 bits per heavy atom. The summed E-state index contributed by atoms with van der Waals surface area (Å²) in [7, 11) is 0. The maximum Gasteiger partial charge on any atom is 0.420 e. The van der Waals surface area contributed by atoms with Gasteiger partial charge in [-0.3, -0.25) is 0 Å². The molecule has 0 aromatic heterocycles. The highest BCUT2D eigenvalue weighted by Crippen LogP contribution is 2.44. The Bertz CT molecular complexity index is 1390. The van der Waals surface area contributed by atoms with Crippen molar-refractivity contribution in [3.05, 3.63) is 96.1 Å². The fourth-order valence-electron chi connectivity index (χ4n) is 3.47.